The van der Waals surface area contributed by atoms with Gasteiger partial charge in [0.05, 0.1) is 6.20 Å². The Morgan fingerprint density at radius 1 is 1.39 bits per heavy atom. The van der Waals surface area contributed by atoms with Gasteiger partial charge in [0, 0.05) is 19.1 Å². The van der Waals surface area contributed by atoms with E-state index in [2.05, 4.69) is 15.0 Å². The fraction of sp³-hybridized carbons (Fsp3) is 0.500. The van der Waals surface area contributed by atoms with Crippen LogP contribution in [0.15, 0.2) is 18.3 Å². The molecule has 0 saturated carbocycles. The molecule has 1 aliphatic heterocycles. The maximum Gasteiger partial charge on any atom is 0.245 e. The third-order valence-electron chi connectivity index (χ3n) is 3.44. The molecule has 96 valence electrons. The van der Waals surface area contributed by atoms with E-state index in [0.717, 1.165) is 19.4 Å². The van der Waals surface area contributed by atoms with Gasteiger partial charge in [0.15, 0.2) is 5.65 Å². The second-order valence-corrected chi connectivity index (χ2v) is 4.64. The topological polar surface area (TPSA) is 59.5 Å². The number of fused-ring (bicyclic) bond motifs is 1. The van der Waals surface area contributed by atoms with Crippen LogP contribution >= 0.6 is 0 Å². The number of halogens is 1. The highest BCUT2D eigenvalue weighted by Crippen LogP contribution is 2.21. The standard InChI is InChI=1S/C12H16FN5/c13-9-4-5-11-15-12(16-18(11)8-9)17-6-2-1-3-10(17)7-14/h4-5,8,10H,1-3,6-7,14H2. The summed E-state index contributed by atoms with van der Waals surface area (Å²) >= 11 is 0. The third-order valence-corrected chi connectivity index (χ3v) is 3.44. The molecule has 1 fully saturated rings. The first kappa shape index (κ1) is 11.4. The van der Waals surface area contributed by atoms with E-state index in [1.807, 2.05) is 0 Å². The van der Waals surface area contributed by atoms with Crippen LogP contribution in [0.25, 0.3) is 5.65 Å². The van der Waals surface area contributed by atoms with Crippen molar-refractivity contribution in [3.63, 3.8) is 0 Å². The predicted octanol–water partition coefficient (Wildman–Crippen LogP) is 1.19. The summed E-state index contributed by atoms with van der Waals surface area (Å²) < 4.78 is 14.6. The molecule has 1 atom stereocenters. The highest BCUT2D eigenvalue weighted by atomic mass is 19.1. The van der Waals surface area contributed by atoms with Gasteiger partial charge in [0.1, 0.15) is 5.82 Å². The van der Waals surface area contributed by atoms with Crippen molar-refractivity contribution < 1.29 is 4.39 Å². The van der Waals surface area contributed by atoms with Crippen LogP contribution in [-0.4, -0.2) is 33.7 Å². The molecule has 0 amide bonds. The molecule has 3 rings (SSSR count). The first-order chi connectivity index (χ1) is 8.78. The molecule has 1 aliphatic rings. The Balaban J connectivity index is 1.97. The van der Waals surface area contributed by atoms with E-state index < -0.39 is 0 Å². The molecule has 1 unspecified atom stereocenters. The number of aromatic nitrogens is 3. The van der Waals surface area contributed by atoms with Crippen molar-refractivity contribution in [3.05, 3.63) is 24.1 Å². The number of nitrogens with zero attached hydrogens (tertiary/aromatic N) is 4. The molecule has 0 aliphatic carbocycles. The van der Waals surface area contributed by atoms with E-state index in [1.54, 1.807) is 6.07 Å². The molecule has 1 saturated heterocycles. The van der Waals surface area contributed by atoms with Gasteiger partial charge in [-0.3, -0.25) is 0 Å². The molecule has 2 aromatic rings. The molecule has 2 aromatic heterocycles. The van der Waals surface area contributed by atoms with Gasteiger partial charge in [0.25, 0.3) is 0 Å². The third kappa shape index (κ3) is 1.92. The largest absolute Gasteiger partial charge is 0.335 e. The Kier molecular flexibility index (Phi) is 2.87. The molecule has 5 nitrogen and oxygen atoms in total. The van der Waals surface area contributed by atoms with Gasteiger partial charge in [0.2, 0.25) is 5.95 Å². The van der Waals surface area contributed by atoms with Gasteiger partial charge in [-0.2, -0.15) is 4.98 Å². The lowest BCUT2D eigenvalue weighted by atomic mass is 10.0. The molecule has 2 N–H and O–H groups in total. The van der Waals surface area contributed by atoms with Crippen molar-refractivity contribution in [3.8, 4) is 0 Å². The second kappa shape index (κ2) is 4.53. The van der Waals surface area contributed by atoms with E-state index in [1.165, 1.54) is 23.2 Å². The number of anilines is 1. The number of piperidine rings is 1. The molecule has 0 aromatic carbocycles. The number of rotatable bonds is 2. The summed E-state index contributed by atoms with van der Waals surface area (Å²) in [6, 6.07) is 3.32. The minimum Gasteiger partial charge on any atom is -0.335 e. The van der Waals surface area contributed by atoms with Gasteiger partial charge in [-0.1, -0.05) is 0 Å². The van der Waals surface area contributed by atoms with Gasteiger partial charge >= 0.3 is 0 Å². The molecular formula is C12H16FN5. The van der Waals surface area contributed by atoms with E-state index in [4.69, 9.17) is 5.73 Å². The smallest absolute Gasteiger partial charge is 0.245 e. The lowest BCUT2D eigenvalue weighted by Crippen LogP contribution is -2.44. The Labute approximate surface area is 104 Å². The molecular weight excluding hydrogens is 233 g/mol. The minimum absolute atomic E-state index is 0.293. The predicted molar refractivity (Wildman–Crippen MR) is 67.0 cm³/mol. The zero-order valence-corrected chi connectivity index (χ0v) is 10.1. The summed E-state index contributed by atoms with van der Waals surface area (Å²) in [6.07, 6.45) is 4.73. The number of pyridine rings is 1. The van der Waals surface area contributed by atoms with E-state index >= 15 is 0 Å². The fourth-order valence-electron chi connectivity index (χ4n) is 2.48. The van der Waals surface area contributed by atoms with Crippen LogP contribution in [0.4, 0.5) is 10.3 Å². The summed E-state index contributed by atoms with van der Waals surface area (Å²) in [5.41, 5.74) is 6.45. The Morgan fingerprint density at radius 2 is 2.28 bits per heavy atom. The molecule has 0 radical (unpaired) electrons. The van der Waals surface area contributed by atoms with Crippen molar-refractivity contribution in [2.45, 2.75) is 25.3 Å². The molecule has 18 heavy (non-hydrogen) atoms. The first-order valence-electron chi connectivity index (χ1n) is 6.26. The zero-order chi connectivity index (χ0) is 12.5. The second-order valence-electron chi connectivity index (χ2n) is 4.64. The molecule has 0 spiro atoms. The SMILES string of the molecule is NCC1CCCCN1c1nc2ccc(F)cn2n1. The lowest BCUT2D eigenvalue weighted by Gasteiger charge is -2.33. The fourth-order valence-corrected chi connectivity index (χ4v) is 2.48. The zero-order valence-electron chi connectivity index (χ0n) is 10.1. The summed E-state index contributed by atoms with van der Waals surface area (Å²) in [7, 11) is 0. The monoisotopic (exact) mass is 249 g/mol. The number of hydrogen-bond donors (Lipinski definition) is 1. The van der Waals surface area contributed by atoms with E-state index in [0.29, 0.717) is 24.2 Å². The normalized spacial score (nSPS) is 20.6. The van der Waals surface area contributed by atoms with Crippen molar-refractivity contribution in [1.29, 1.82) is 0 Å². The highest BCUT2D eigenvalue weighted by Gasteiger charge is 2.24. The van der Waals surface area contributed by atoms with Crippen molar-refractivity contribution >= 4 is 11.6 Å². The Hall–Kier alpha value is -1.69. The maximum absolute atomic E-state index is 13.1. The Bertz CT molecular complexity index is 552. The summed E-state index contributed by atoms with van der Waals surface area (Å²) in [6.45, 7) is 1.52. The van der Waals surface area contributed by atoms with E-state index in [9.17, 15) is 4.39 Å². The van der Waals surface area contributed by atoms with Crippen LogP contribution in [-0.2, 0) is 0 Å². The van der Waals surface area contributed by atoms with Crippen LogP contribution in [0.2, 0.25) is 0 Å². The van der Waals surface area contributed by atoms with Crippen LogP contribution < -0.4 is 10.6 Å². The minimum atomic E-state index is -0.312. The average molecular weight is 249 g/mol. The van der Waals surface area contributed by atoms with Crippen molar-refractivity contribution in [2.24, 2.45) is 5.73 Å². The van der Waals surface area contributed by atoms with Gasteiger partial charge in [-0.25, -0.2) is 8.91 Å². The number of hydrogen-bond acceptors (Lipinski definition) is 4. The van der Waals surface area contributed by atoms with Gasteiger partial charge < -0.3 is 10.6 Å². The quantitative estimate of drug-likeness (QED) is 0.868. The van der Waals surface area contributed by atoms with Crippen LogP contribution in [0.5, 0.6) is 0 Å². The van der Waals surface area contributed by atoms with Crippen molar-refractivity contribution in [1.82, 2.24) is 14.6 Å². The molecule has 3 heterocycles. The molecule has 6 heteroatoms. The maximum atomic E-state index is 13.1. The average Bonchev–Trinajstić information content (AvgIpc) is 2.81. The van der Waals surface area contributed by atoms with Crippen LogP contribution in [0.3, 0.4) is 0 Å². The highest BCUT2D eigenvalue weighted by molar-refractivity contribution is 5.45. The molecule has 0 bridgehead atoms. The van der Waals surface area contributed by atoms with Gasteiger partial charge in [-0.05, 0) is 31.4 Å². The lowest BCUT2D eigenvalue weighted by molar-refractivity contribution is 0.458. The van der Waals surface area contributed by atoms with Crippen molar-refractivity contribution in [2.75, 3.05) is 18.0 Å². The summed E-state index contributed by atoms with van der Waals surface area (Å²) in [5.74, 6) is 0.337. The van der Waals surface area contributed by atoms with Gasteiger partial charge in [-0.15, -0.1) is 5.10 Å². The van der Waals surface area contributed by atoms with Crippen LogP contribution in [0, 0.1) is 5.82 Å². The summed E-state index contributed by atoms with van der Waals surface area (Å²) in [4.78, 5) is 6.56. The number of nitrogens with two attached hydrogens (primary N) is 1. The summed E-state index contributed by atoms with van der Waals surface area (Å²) in [5, 5.41) is 4.33. The first-order valence-corrected chi connectivity index (χ1v) is 6.26. The van der Waals surface area contributed by atoms with E-state index in [-0.39, 0.29) is 5.82 Å². The van der Waals surface area contributed by atoms with Crippen LogP contribution in [0.1, 0.15) is 19.3 Å². The Morgan fingerprint density at radius 3 is 3.11 bits per heavy atom.